The second-order valence-corrected chi connectivity index (χ2v) is 9.22. The van der Waals surface area contributed by atoms with Gasteiger partial charge in [0.25, 0.3) is 0 Å². The van der Waals surface area contributed by atoms with E-state index in [1.807, 2.05) is 37.0 Å². The molecule has 1 aliphatic carbocycles. The van der Waals surface area contributed by atoms with Crippen molar-refractivity contribution < 1.29 is 4.74 Å². The van der Waals surface area contributed by atoms with Gasteiger partial charge in [0.2, 0.25) is 0 Å². The SMILES string of the molecule is C1CCOCC1.C=C(CCC(C)C)c1ncnc2nc(C)c(C)nc12.c1cnn(C2CC2)c1. The van der Waals surface area contributed by atoms with Gasteiger partial charge >= 0.3 is 0 Å². The number of fused-ring (bicyclic) bond motifs is 1. The lowest BCUT2D eigenvalue weighted by atomic mass is 10.0. The minimum atomic E-state index is 0.652. The minimum Gasteiger partial charge on any atom is -0.381 e. The molecule has 0 unspecified atom stereocenters. The van der Waals surface area contributed by atoms with Gasteiger partial charge in [-0.1, -0.05) is 20.4 Å². The molecule has 0 amide bonds. The quantitative estimate of drug-likeness (QED) is 0.482. The fourth-order valence-corrected chi connectivity index (χ4v) is 3.41. The van der Waals surface area contributed by atoms with Crippen LogP contribution in [0.5, 0.6) is 0 Å². The molecule has 1 saturated heterocycles. The van der Waals surface area contributed by atoms with E-state index < -0.39 is 0 Å². The van der Waals surface area contributed by atoms with E-state index in [-0.39, 0.29) is 0 Å². The first kappa shape index (κ1) is 25.0. The first-order valence-electron chi connectivity index (χ1n) is 12.2. The fourth-order valence-electron chi connectivity index (χ4n) is 3.41. The minimum absolute atomic E-state index is 0.652. The largest absolute Gasteiger partial charge is 0.381 e. The summed E-state index contributed by atoms with van der Waals surface area (Å²) in [6, 6.07) is 2.71. The summed E-state index contributed by atoms with van der Waals surface area (Å²) in [6.45, 7) is 14.5. The Morgan fingerprint density at radius 1 is 1.09 bits per heavy atom. The number of allylic oxidation sites excluding steroid dienone is 1. The molecule has 4 heterocycles. The molecule has 178 valence electrons. The monoisotopic (exact) mass is 450 g/mol. The summed E-state index contributed by atoms with van der Waals surface area (Å²) in [5, 5.41) is 4.09. The molecule has 0 bridgehead atoms. The van der Waals surface area contributed by atoms with Gasteiger partial charge in [-0.15, -0.1) is 0 Å². The van der Waals surface area contributed by atoms with Crippen LogP contribution in [0.25, 0.3) is 16.7 Å². The second kappa shape index (κ2) is 12.5. The van der Waals surface area contributed by atoms with Gasteiger partial charge in [0.05, 0.1) is 23.1 Å². The summed E-state index contributed by atoms with van der Waals surface area (Å²) in [5.41, 5.74) is 5.09. The Morgan fingerprint density at radius 3 is 2.36 bits per heavy atom. The van der Waals surface area contributed by atoms with Gasteiger partial charge in [-0.3, -0.25) is 4.68 Å². The molecule has 1 aliphatic heterocycles. The molecule has 2 fully saturated rings. The Hall–Kier alpha value is -2.67. The van der Waals surface area contributed by atoms with Crippen molar-refractivity contribution in [2.75, 3.05) is 13.2 Å². The van der Waals surface area contributed by atoms with Crippen LogP contribution in [0, 0.1) is 19.8 Å². The molecule has 0 aromatic carbocycles. The van der Waals surface area contributed by atoms with Crippen molar-refractivity contribution in [3.8, 4) is 0 Å². The van der Waals surface area contributed by atoms with Gasteiger partial charge < -0.3 is 4.74 Å². The second-order valence-electron chi connectivity index (χ2n) is 9.22. The number of hydrogen-bond donors (Lipinski definition) is 0. The summed E-state index contributed by atoms with van der Waals surface area (Å²) in [4.78, 5) is 17.6. The maximum atomic E-state index is 5.07. The molecule has 0 atom stereocenters. The molecular formula is C26H38N6O. The van der Waals surface area contributed by atoms with E-state index in [0.717, 1.165) is 60.3 Å². The maximum Gasteiger partial charge on any atom is 0.182 e. The van der Waals surface area contributed by atoms with Crippen molar-refractivity contribution in [2.24, 2.45) is 5.92 Å². The van der Waals surface area contributed by atoms with E-state index in [1.54, 1.807) is 6.33 Å². The van der Waals surface area contributed by atoms with Gasteiger partial charge in [-0.2, -0.15) is 5.10 Å². The van der Waals surface area contributed by atoms with Crippen molar-refractivity contribution in [1.29, 1.82) is 0 Å². The third-order valence-electron chi connectivity index (χ3n) is 5.76. The first-order valence-corrected chi connectivity index (χ1v) is 12.2. The highest BCUT2D eigenvalue weighted by Gasteiger charge is 2.22. The van der Waals surface area contributed by atoms with Crippen LogP contribution >= 0.6 is 0 Å². The molecule has 2 aliphatic rings. The van der Waals surface area contributed by atoms with Crippen LogP contribution in [-0.2, 0) is 4.74 Å². The Labute approximate surface area is 197 Å². The van der Waals surface area contributed by atoms with Crippen LogP contribution in [0.3, 0.4) is 0 Å². The first-order chi connectivity index (χ1) is 16.0. The zero-order valence-corrected chi connectivity index (χ0v) is 20.6. The van der Waals surface area contributed by atoms with Crippen molar-refractivity contribution in [3.05, 3.63) is 48.4 Å². The predicted octanol–water partition coefficient (Wildman–Crippen LogP) is 5.89. The number of aryl methyl sites for hydroxylation is 2. The third-order valence-corrected chi connectivity index (χ3v) is 5.76. The van der Waals surface area contributed by atoms with Gasteiger partial charge in [-0.05, 0) is 76.4 Å². The standard InChI is InChI=1S/C15H20N4.C6H8N2.C5H10O/c1-9(2)6-7-10(3)13-14-15(17-8-16-13)19-12(5)11(4)18-14;1-4-7-8(5-1)6-2-3-6;1-2-4-6-5-3-1/h8-9H,3,6-7H2,1-2,4-5H3;1,4-6H,2-3H2;1-5H2. The van der Waals surface area contributed by atoms with Crippen molar-refractivity contribution in [2.45, 2.75) is 78.7 Å². The topological polar surface area (TPSA) is 78.6 Å². The highest BCUT2D eigenvalue weighted by molar-refractivity contribution is 5.83. The normalized spacial score (nSPS) is 15.4. The van der Waals surface area contributed by atoms with Crippen molar-refractivity contribution in [3.63, 3.8) is 0 Å². The van der Waals surface area contributed by atoms with E-state index in [9.17, 15) is 0 Å². The maximum absolute atomic E-state index is 5.07. The highest BCUT2D eigenvalue weighted by Crippen LogP contribution is 2.33. The van der Waals surface area contributed by atoms with E-state index in [4.69, 9.17) is 4.74 Å². The van der Waals surface area contributed by atoms with Crippen LogP contribution in [-0.4, -0.2) is 42.9 Å². The molecule has 1 saturated carbocycles. The van der Waals surface area contributed by atoms with E-state index >= 15 is 0 Å². The van der Waals surface area contributed by atoms with Crippen molar-refractivity contribution in [1.82, 2.24) is 29.7 Å². The predicted molar refractivity (Wildman–Crippen MR) is 133 cm³/mol. The Morgan fingerprint density at radius 2 is 1.82 bits per heavy atom. The van der Waals surface area contributed by atoms with Crippen LogP contribution in [0.1, 0.15) is 81.9 Å². The van der Waals surface area contributed by atoms with Crippen LogP contribution in [0.15, 0.2) is 31.4 Å². The number of rotatable bonds is 5. The van der Waals surface area contributed by atoms with E-state index in [2.05, 4.69) is 45.5 Å². The molecular weight excluding hydrogens is 412 g/mol. The molecule has 3 aromatic rings. The van der Waals surface area contributed by atoms with Crippen molar-refractivity contribution >= 4 is 16.7 Å². The third kappa shape index (κ3) is 8.00. The molecule has 5 rings (SSSR count). The lowest BCUT2D eigenvalue weighted by Gasteiger charge is -2.10. The average molecular weight is 451 g/mol. The molecule has 3 aromatic heterocycles. The highest BCUT2D eigenvalue weighted by atomic mass is 16.5. The average Bonchev–Trinajstić information content (AvgIpc) is 3.53. The van der Waals surface area contributed by atoms with Gasteiger partial charge in [0, 0.05) is 25.6 Å². The molecule has 0 radical (unpaired) electrons. The van der Waals surface area contributed by atoms with Gasteiger partial charge in [-0.25, -0.2) is 19.9 Å². The Balaban J connectivity index is 0.000000176. The fraction of sp³-hybridized carbons (Fsp3) is 0.577. The van der Waals surface area contributed by atoms with Crippen LogP contribution in [0.4, 0.5) is 0 Å². The number of hydrogen-bond acceptors (Lipinski definition) is 6. The zero-order valence-electron chi connectivity index (χ0n) is 20.6. The molecule has 0 N–H and O–H groups in total. The summed E-state index contributed by atoms with van der Waals surface area (Å²) in [6.07, 6.45) is 14.0. The summed E-state index contributed by atoms with van der Waals surface area (Å²) < 4.78 is 7.10. The molecule has 33 heavy (non-hydrogen) atoms. The van der Waals surface area contributed by atoms with E-state index in [1.165, 1.54) is 32.1 Å². The van der Waals surface area contributed by atoms with Gasteiger partial charge in [0.1, 0.15) is 11.8 Å². The molecule has 7 nitrogen and oxygen atoms in total. The van der Waals surface area contributed by atoms with Crippen LogP contribution in [0.2, 0.25) is 0 Å². The lowest BCUT2D eigenvalue weighted by Crippen LogP contribution is -2.03. The Kier molecular flexibility index (Phi) is 9.48. The number of nitrogens with zero attached hydrogens (tertiary/aromatic N) is 6. The summed E-state index contributed by atoms with van der Waals surface area (Å²) in [7, 11) is 0. The lowest BCUT2D eigenvalue weighted by molar-refractivity contribution is 0.0968. The smallest absolute Gasteiger partial charge is 0.182 e. The van der Waals surface area contributed by atoms with E-state index in [0.29, 0.717) is 11.6 Å². The van der Waals surface area contributed by atoms with Crippen LogP contribution < -0.4 is 0 Å². The number of aromatic nitrogens is 6. The number of ether oxygens (including phenoxy) is 1. The molecule has 0 spiro atoms. The Bertz CT molecular complexity index is 996. The zero-order chi connectivity index (χ0) is 23.6. The molecule has 7 heteroatoms. The summed E-state index contributed by atoms with van der Waals surface area (Å²) >= 11 is 0. The van der Waals surface area contributed by atoms with Gasteiger partial charge in [0.15, 0.2) is 5.65 Å². The summed E-state index contributed by atoms with van der Waals surface area (Å²) in [5.74, 6) is 0.653.